The van der Waals surface area contributed by atoms with Gasteiger partial charge in [-0.15, -0.1) is 0 Å². The van der Waals surface area contributed by atoms with Crippen LogP contribution in [-0.2, 0) is 9.53 Å². The molecule has 0 bridgehead atoms. The average molecular weight is 435 g/mol. The number of aliphatic hydroxyl groups excluding tert-OH is 1. The molecule has 1 amide bonds. The predicted octanol–water partition coefficient (Wildman–Crippen LogP) is 4.78. The zero-order chi connectivity index (χ0) is 22.9. The standard InChI is InChI=1S/C25H25NO6/c1-17(13-14-23(28)29)24(20-10-4-5-12-22(20)31-16-15-27)32-25(30)26-21-11-6-8-18-7-2-3-9-19(18)21/h2-14,17,24,27H,15-16H2,1H3,(H,26,30)(H,28,29)/b14-13+/t17-,24+/m0/s1. The van der Waals surface area contributed by atoms with Gasteiger partial charge in [-0.1, -0.05) is 67.6 Å². The average Bonchev–Trinajstić information content (AvgIpc) is 2.80. The Morgan fingerprint density at radius 2 is 1.75 bits per heavy atom. The number of nitrogens with one attached hydrogen (secondary N) is 1. The van der Waals surface area contributed by atoms with Crippen LogP contribution in [0.15, 0.2) is 78.9 Å². The number of benzene rings is 3. The van der Waals surface area contributed by atoms with Crippen molar-refractivity contribution in [2.24, 2.45) is 5.92 Å². The maximum atomic E-state index is 12.9. The Balaban J connectivity index is 1.88. The Kier molecular flexibility index (Phi) is 7.83. The van der Waals surface area contributed by atoms with Crippen molar-refractivity contribution in [1.29, 1.82) is 0 Å². The van der Waals surface area contributed by atoms with Gasteiger partial charge in [0, 0.05) is 22.9 Å². The van der Waals surface area contributed by atoms with Crippen LogP contribution in [0.5, 0.6) is 5.75 Å². The van der Waals surface area contributed by atoms with Gasteiger partial charge in [-0.3, -0.25) is 5.32 Å². The first-order chi connectivity index (χ1) is 15.5. The number of fused-ring (bicyclic) bond motifs is 1. The molecule has 3 aromatic carbocycles. The number of carbonyl (C=O) groups excluding carboxylic acids is 1. The monoisotopic (exact) mass is 435 g/mol. The van der Waals surface area contributed by atoms with E-state index in [1.807, 2.05) is 36.4 Å². The lowest BCUT2D eigenvalue weighted by Gasteiger charge is -2.25. The van der Waals surface area contributed by atoms with Gasteiger partial charge in [0.2, 0.25) is 0 Å². The number of carboxylic acid groups (broad SMARTS) is 1. The van der Waals surface area contributed by atoms with Crippen molar-refractivity contribution in [3.8, 4) is 5.75 Å². The fraction of sp³-hybridized carbons (Fsp3) is 0.200. The zero-order valence-electron chi connectivity index (χ0n) is 17.6. The van der Waals surface area contributed by atoms with Crippen molar-refractivity contribution < 1.29 is 29.3 Å². The van der Waals surface area contributed by atoms with E-state index in [1.165, 1.54) is 6.08 Å². The van der Waals surface area contributed by atoms with Crippen LogP contribution in [0.3, 0.4) is 0 Å². The second kappa shape index (κ2) is 11.0. The fourth-order valence-electron chi connectivity index (χ4n) is 3.38. The zero-order valence-corrected chi connectivity index (χ0v) is 17.6. The molecule has 0 spiro atoms. The lowest BCUT2D eigenvalue weighted by Crippen LogP contribution is -2.22. The van der Waals surface area contributed by atoms with Crippen molar-refractivity contribution in [3.05, 3.63) is 84.4 Å². The molecule has 32 heavy (non-hydrogen) atoms. The molecule has 0 aromatic heterocycles. The molecule has 166 valence electrons. The van der Waals surface area contributed by atoms with Crippen molar-refractivity contribution >= 4 is 28.5 Å². The lowest BCUT2D eigenvalue weighted by molar-refractivity contribution is -0.131. The van der Waals surface area contributed by atoms with Gasteiger partial charge < -0.3 is 19.7 Å². The summed E-state index contributed by atoms with van der Waals surface area (Å²) in [6, 6.07) is 20.2. The number of aliphatic hydroxyl groups is 1. The van der Waals surface area contributed by atoms with E-state index >= 15 is 0 Å². The molecule has 2 atom stereocenters. The maximum absolute atomic E-state index is 12.9. The van der Waals surface area contributed by atoms with Crippen LogP contribution in [0.1, 0.15) is 18.6 Å². The number of ether oxygens (including phenoxy) is 2. The highest BCUT2D eigenvalue weighted by atomic mass is 16.6. The molecule has 0 fully saturated rings. The summed E-state index contributed by atoms with van der Waals surface area (Å²) in [5.74, 6) is -1.12. The first kappa shape index (κ1) is 22.8. The number of anilines is 1. The van der Waals surface area contributed by atoms with Gasteiger partial charge in [-0.25, -0.2) is 9.59 Å². The van der Waals surface area contributed by atoms with Gasteiger partial charge in [-0.05, 0) is 17.5 Å². The number of hydrogen-bond donors (Lipinski definition) is 3. The number of carbonyl (C=O) groups is 2. The Morgan fingerprint density at radius 3 is 2.53 bits per heavy atom. The van der Waals surface area contributed by atoms with E-state index < -0.39 is 24.1 Å². The highest BCUT2D eigenvalue weighted by Crippen LogP contribution is 2.34. The van der Waals surface area contributed by atoms with Crippen molar-refractivity contribution in [3.63, 3.8) is 0 Å². The number of aliphatic carboxylic acids is 1. The molecule has 0 aliphatic heterocycles. The van der Waals surface area contributed by atoms with E-state index in [2.05, 4.69) is 5.32 Å². The van der Waals surface area contributed by atoms with Crippen LogP contribution in [-0.4, -0.2) is 35.5 Å². The summed E-state index contributed by atoms with van der Waals surface area (Å²) in [7, 11) is 0. The predicted molar refractivity (Wildman–Crippen MR) is 122 cm³/mol. The van der Waals surface area contributed by atoms with Gasteiger partial charge in [0.1, 0.15) is 18.5 Å². The molecule has 3 N–H and O–H groups in total. The minimum Gasteiger partial charge on any atom is -0.491 e. The van der Waals surface area contributed by atoms with Crippen molar-refractivity contribution in [2.45, 2.75) is 13.0 Å². The van der Waals surface area contributed by atoms with Gasteiger partial charge in [0.25, 0.3) is 0 Å². The molecule has 0 unspecified atom stereocenters. The Bertz CT molecular complexity index is 1110. The topological polar surface area (TPSA) is 105 Å². The molecule has 0 aliphatic carbocycles. The summed E-state index contributed by atoms with van der Waals surface area (Å²) < 4.78 is 11.4. The maximum Gasteiger partial charge on any atom is 0.412 e. The summed E-state index contributed by atoms with van der Waals surface area (Å²) in [4.78, 5) is 23.9. The molecular weight excluding hydrogens is 410 g/mol. The Morgan fingerprint density at radius 1 is 1.03 bits per heavy atom. The molecular formula is C25H25NO6. The van der Waals surface area contributed by atoms with Crippen LogP contribution in [0.25, 0.3) is 10.8 Å². The third-order valence-corrected chi connectivity index (χ3v) is 4.85. The number of para-hydroxylation sites is 1. The van der Waals surface area contributed by atoms with Gasteiger partial charge in [0.15, 0.2) is 0 Å². The quantitative estimate of drug-likeness (QED) is 0.418. The molecule has 0 heterocycles. The van der Waals surface area contributed by atoms with Crippen LogP contribution in [0.4, 0.5) is 10.5 Å². The largest absolute Gasteiger partial charge is 0.491 e. The van der Waals surface area contributed by atoms with E-state index in [0.717, 1.165) is 16.8 Å². The second-order valence-electron chi connectivity index (χ2n) is 7.14. The SMILES string of the molecule is C[C@@H](/C=C/C(=O)O)[C@@H](OC(=O)Nc1cccc2ccccc12)c1ccccc1OCCO. The highest BCUT2D eigenvalue weighted by molar-refractivity contribution is 6.00. The molecule has 0 radical (unpaired) electrons. The third kappa shape index (κ3) is 5.86. The first-order valence-corrected chi connectivity index (χ1v) is 10.2. The minimum atomic E-state index is -1.10. The lowest BCUT2D eigenvalue weighted by atomic mass is 9.96. The minimum absolute atomic E-state index is 0.0747. The summed E-state index contributed by atoms with van der Waals surface area (Å²) in [6.45, 7) is 1.65. The molecule has 0 aliphatic rings. The number of carboxylic acids is 1. The van der Waals surface area contributed by atoms with E-state index in [0.29, 0.717) is 17.0 Å². The Hall–Kier alpha value is -3.84. The second-order valence-corrected chi connectivity index (χ2v) is 7.14. The van der Waals surface area contributed by atoms with Crippen LogP contribution in [0.2, 0.25) is 0 Å². The van der Waals surface area contributed by atoms with Crippen molar-refractivity contribution in [1.82, 2.24) is 0 Å². The molecule has 3 aromatic rings. The molecule has 0 saturated heterocycles. The third-order valence-electron chi connectivity index (χ3n) is 4.85. The molecule has 0 saturated carbocycles. The van der Waals surface area contributed by atoms with Gasteiger partial charge in [-0.2, -0.15) is 0 Å². The molecule has 7 heteroatoms. The summed E-state index contributed by atoms with van der Waals surface area (Å²) >= 11 is 0. The van der Waals surface area contributed by atoms with Gasteiger partial charge >= 0.3 is 12.1 Å². The number of amides is 1. The van der Waals surface area contributed by atoms with Crippen LogP contribution in [0, 0.1) is 5.92 Å². The van der Waals surface area contributed by atoms with E-state index in [-0.39, 0.29) is 13.2 Å². The molecule has 7 nitrogen and oxygen atoms in total. The van der Waals surface area contributed by atoms with E-state index in [9.17, 15) is 9.59 Å². The smallest absolute Gasteiger partial charge is 0.412 e. The van der Waals surface area contributed by atoms with Crippen molar-refractivity contribution in [2.75, 3.05) is 18.5 Å². The highest BCUT2D eigenvalue weighted by Gasteiger charge is 2.26. The van der Waals surface area contributed by atoms with E-state index in [1.54, 1.807) is 37.3 Å². The number of hydrogen-bond acceptors (Lipinski definition) is 5. The molecule has 3 rings (SSSR count). The fourth-order valence-corrected chi connectivity index (χ4v) is 3.38. The summed E-state index contributed by atoms with van der Waals surface area (Å²) in [5, 5.41) is 22.7. The van der Waals surface area contributed by atoms with Crippen LogP contribution < -0.4 is 10.1 Å². The summed E-state index contributed by atoms with van der Waals surface area (Å²) in [6.07, 6.45) is 0.969. The normalized spacial score (nSPS) is 12.9. The van der Waals surface area contributed by atoms with Gasteiger partial charge in [0.05, 0.1) is 12.3 Å². The summed E-state index contributed by atoms with van der Waals surface area (Å²) in [5.41, 5.74) is 1.17. The first-order valence-electron chi connectivity index (χ1n) is 10.2. The Labute approximate surface area is 185 Å². The van der Waals surface area contributed by atoms with E-state index in [4.69, 9.17) is 19.7 Å². The number of rotatable bonds is 9. The van der Waals surface area contributed by atoms with Crippen LogP contribution >= 0.6 is 0 Å².